The normalized spacial score (nSPS) is 21.8. The average Bonchev–Trinajstić information content (AvgIpc) is 4.03. The second kappa shape index (κ2) is 14.9. The number of hydrogen-bond acceptors (Lipinski definition) is 7. The van der Waals surface area contributed by atoms with Crippen LogP contribution in [0.3, 0.4) is 0 Å². The molecule has 3 aliphatic heterocycles. The molecule has 0 radical (unpaired) electrons. The second-order valence-electron chi connectivity index (χ2n) is 14.8. The van der Waals surface area contributed by atoms with E-state index in [-0.39, 0.29) is 30.0 Å². The molecule has 272 valence electrons. The smallest absolute Gasteiger partial charge is 0.407 e. The Kier molecular flexibility index (Phi) is 9.71. The van der Waals surface area contributed by atoms with Gasteiger partial charge in [-0.3, -0.25) is 9.79 Å². The van der Waals surface area contributed by atoms with E-state index in [2.05, 4.69) is 112 Å². The van der Waals surface area contributed by atoms with Crippen molar-refractivity contribution in [1.29, 1.82) is 0 Å². The molecule has 10 nitrogen and oxygen atoms in total. The van der Waals surface area contributed by atoms with Gasteiger partial charge in [-0.25, -0.2) is 9.78 Å². The number of rotatable bonds is 9. The molecule has 1 unspecified atom stereocenters. The first kappa shape index (κ1) is 34.6. The largest absolute Gasteiger partial charge is 0.453 e. The minimum Gasteiger partial charge on any atom is -0.453 e. The molecule has 5 atom stereocenters. The number of carbonyl (C=O) groups excluding carboxylic acids is 2. The fraction of sp³-hybridized carbons (Fsp3) is 0.349. The molecule has 10 heteroatoms. The fourth-order valence-electron chi connectivity index (χ4n) is 8.11. The maximum atomic E-state index is 13.6. The van der Waals surface area contributed by atoms with Crippen LogP contribution in [0.4, 0.5) is 4.79 Å². The second-order valence-corrected chi connectivity index (χ2v) is 14.8. The quantitative estimate of drug-likeness (QED) is 0.126. The molecule has 3 aliphatic rings. The van der Waals surface area contributed by atoms with Gasteiger partial charge in [0.1, 0.15) is 17.7 Å². The predicted molar refractivity (Wildman–Crippen MR) is 208 cm³/mol. The summed E-state index contributed by atoms with van der Waals surface area (Å²) in [6.07, 6.45) is 5.23. The number of imidazole rings is 1. The van der Waals surface area contributed by atoms with Crippen LogP contribution in [-0.2, 0) is 9.53 Å². The topological polar surface area (TPSA) is 124 Å². The summed E-state index contributed by atoms with van der Waals surface area (Å²) in [6.45, 7) is 5.11. The third kappa shape index (κ3) is 7.15. The number of benzene rings is 4. The number of H-pyrrole nitrogens is 1. The standard InChI is InChI=1S/C43H47N7O3/c1-26(2)39(49-43(52)53-3)42(51)50-21-7-10-38(50)41-45-25-37(48-41)33-18-17-31-22-30(15-16-32(31)23-33)27-11-13-29(14-12-27)36-24-44-40(47-36)35-20-19-34(46-35)28-8-5-4-6-9-28/h4-6,8-9,11-18,22-24,26,34-35,37-39,46H,7,10,19-21,25H2,1-3H3,(H,44,47)(H,45,48)(H,49,52)/t34-,35+,37?,38+,39+/m1/s1. The molecular formula is C43H47N7O3. The summed E-state index contributed by atoms with van der Waals surface area (Å²) < 4.78 is 4.78. The number of nitrogens with one attached hydrogen (secondary N) is 4. The maximum Gasteiger partial charge on any atom is 0.407 e. The van der Waals surface area contributed by atoms with Crippen molar-refractivity contribution in [2.45, 2.75) is 69.7 Å². The van der Waals surface area contributed by atoms with Crippen molar-refractivity contribution < 1.29 is 14.3 Å². The third-order valence-electron chi connectivity index (χ3n) is 11.1. The van der Waals surface area contributed by atoms with Crippen LogP contribution >= 0.6 is 0 Å². The van der Waals surface area contributed by atoms with E-state index >= 15 is 0 Å². The molecule has 53 heavy (non-hydrogen) atoms. The number of carbonyl (C=O) groups is 2. The number of alkyl carbamates (subject to hydrolysis) is 1. The van der Waals surface area contributed by atoms with Crippen molar-refractivity contribution in [3.63, 3.8) is 0 Å². The Morgan fingerprint density at radius 1 is 0.830 bits per heavy atom. The minimum atomic E-state index is -0.651. The Bertz CT molecular complexity index is 2130. The summed E-state index contributed by atoms with van der Waals surface area (Å²) in [5.41, 5.74) is 6.97. The zero-order valence-corrected chi connectivity index (χ0v) is 30.5. The summed E-state index contributed by atoms with van der Waals surface area (Å²) >= 11 is 0. The summed E-state index contributed by atoms with van der Waals surface area (Å²) in [7, 11) is 1.31. The van der Waals surface area contributed by atoms with Gasteiger partial charge >= 0.3 is 6.09 Å². The lowest BCUT2D eigenvalue weighted by Crippen LogP contribution is -2.54. The zero-order valence-electron chi connectivity index (χ0n) is 30.5. The van der Waals surface area contributed by atoms with E-state index in [1.807, 2.05) is 24.9 Å². The van der Waals surface area contributed by atoms with Crippen LogP contribution in [0, 0.1) is 5.92 Å². The van der Waals surface area contributed by atoms with Gasteiger partial charge in [0.25, 0.3) is 0 Å². The SMILES string of the molecule is COC(=O)N[C@H](C(=O)N1CCC[C@H]1C1=NCC(c2ccc3cc(-c4ccc(-c5cnc([C@@H]6CC[C@H](c7ccccc7)N6)[nH]5)cc4)ccc3c2)N1)C(C)C. The first-order chi connectivity index (χ1) is 25.8. The van der Waals surface area contributed by atoms with Gasteiger partial charge in [0.2, 0.25) is 5.91 Å². The van der Waals surface area contributed by atoms with Crippen LogP contribution in [0.25, 0.3) is 33.2 Å². The lowest BCUT2D eigenvalue weighted by Gasteiger charge is -2.31. The lowest BCUT2D eigenvalue weighted by molar-refractivity contribution is -0.134. The summed E-state index contributed by atoms with van der Waals surface area (Å²) in [6, 6.07) is 32.4. The summed E-state index contributed by atoms with van der Waals surface area (Å²) in [5, 5.41) is 12.5. The highest BCUT2D eigenvalue weighted by Crippen LogP contribution is 2.35. The monoisotopic (exact) mass is 709 g/mol. The molecule has 0 spiro atoms. The van der Waals surface area contributed by atoms with Gasteiger partial charge in [0, 0.05) is 12.6 Å². The first-order valence-electron chi connectivity index (χ1n) is 18.8. The highest BCUT2D eigenvalue weighted by atomic mass is 16.5. The number of ether oxygens (including phenoxy) is 1. The number of likely N-dealkylation sites (tertiary alicyclic amines) is 1. The van der Waals surface area contributed by atoms with E-state index in [0.717, 1.165) is 54.2 Å². The zero-order chi connectivity index (χ0) is 36.5. The predicted octanol–water partition coefficient (Wildman–Crippen LogP) is 7.48. The van der Waals surface area contributed by atoms with Crippen molar-refractivity contribution in [3.8, 4) is 22.4 Å². The van der Waals surface area contributed by atoms with Crippen molar-refractivity contribution in [2.24, 2.45) is 10.9 Å². The molecule has 4 aromatic carbocycles. The number of amides is 2. The van der Waals surface area contributed by atoms with Crippen LogP contribution in [0.1, 0.15) is 74.6 Å². The van der Waals surface area contributed by atoms with E-state index < -0.39 is 12.1 Å². The molecule has 2 amide bonds. The van der Waals surface area contributed by atoms with Gasteiger partial charge in [0.15, 0.2) is 0 Å². The number of aromatic amines is 1. The van der Waals surface area contributed by atoms with Crippen LogP contribution < -0.4 is 16.0 Å². The van der Waals surface area contributed by atoms with Crippen LogP contribution in [0.2, 0.25) is 0 Å². The number of hydrogen-bond donors (Lipinski definition) is 4. The molecule has 8 rings (SSSR count). The summed E-state index contributed by atoms with van der Waals surface area (Å²) in [5.74, 6) is 1.67. The molecule has 2 saturated heterocycles. The molecule has 5 aromatic rings. The van der Waals surface area contributed by atoms with Gasteiger partial charge < -0.3 is 30.6 Å². The molecule has 0 saturated carbocycles. The molecular weight excluding hydrogens is 663 g/mol. The molecule has 2 fully saturated rings. The van der Waals surface area contributed by atoms with Crippen molar-refractivity contribution in [3.05, 3.63) is 114 Å². The Hall–Kier alpha value is -5.48. The van der Waals surface area contributed by atoms with E-state index in [4.69, 9.17) is 14.7 Å². The first-order valence-corrected chi connectivity index (χ1v) is 18.8. The van der Waals surface area contributed by atoms with E-state index in [1.54, 1.807) is 0 Å². The Labute approximate surface area is 310 Å². The average molecular weight is 710 g/mol. The molecule has 4 N–H and O–H groups in total. The van der Waals surface area contributed by atoms with Crippen molar-refractivity contribution in [1.82, 2.24) is 30.8 Å². The summed E-state index contributed by atoms with van der Waals surface area (Å²) in [4.78, 5) is 40.6. The minimum absolute atomic E-state index is 0.0333. The van der Waals surface area contributed by atoms with Gasteiger partial charge in [-0.2, -0.15) is 0 Å². The number of methoxy groups -OCH3 is 1. The molecule has 0 bridgehead atoms. The van der Waals surface area contributed by atoms with Gasteiger partial charge in [-0.15, -0.1) is 0 Å². The Balaban J connectivity index is 0.905. The van der Waals surface area contributed by atoms with Gasteiger partial charge in [-0.05, 0) is 82.3 Å². The number of aromatic nitrogens is 2. The van der Waals surface area contributed by atoms with Gasteiger partial charge in [-0.1, -0.05) is 92.7 Å². The number of nitrogens with zero attached hydrogens (tertiary/aromatic N) is 3. The number of aliphatic imine (C=N–C) groups is 1. The Morgan fingerprint density at radius 2 is 1.57 bits per heavy atom. The molecule has 1 aromatic heterocycles. The van der Waals surface area contributed by atoms with Gasteiger partial charge in [0.05, 0.1) is 43.7 Å². The van der Waals surface area contributed by atoms with Crippen LogP contribution in [0.5, 0.6) is 0 Å². The highest BCUT2D eigenvalue weighted by molar-refractivity contribution is 5.96. The fourth-order valence-corrected chi connectivity index (χ4v) is 8.11. The van der Waals surface area contributed by atoms with Crippen molar-refractivity contribution >= 4 is 28.6 Å². The highest BCUT2D eigenvalue weighted by Gasteiger charge is 2.39. The van der Waals surface area contributed by atoms with Crippen LogP contribution in [-0.4, -0.2) is 65.0 Å². The Morgan fingerprint density at radius 3 is 2.36 bits per heavy atom. The van der Waals surface area contributed by atoms with Crippen molar-refractivity contribution in [2.75, 3.05) is 20.2 Å². The molecule has 4 heterocycles. The lowest BCUT2D eigenvalue weighted by atomic mass is 9.97. The van der Waals surface area contributed by atoms with Crippen LogP contribution in [0.15, 0.2) is 102 Å². The molecule has 0 aliphatic carbocycles. The maximum absolute atomic E-state index is 13.6. The van der Waals surface area contributed by atoms with E-state index in [9.17, 15) is 9.59 Å². The number of fused-ring (bicyclic) bond motifs is 1. The number of amidine groups is 1. The third-order valence-corrected chi connectivity index (χ3v) is 11.1. The van der Waals surface area contributed by atoms with E-state index in [1.165, 1.54) is 34.6 Å². The van der Waals surface area contributed by atoms with E-state index in [0.29, 0.717) is 19.1 Å².